The van der Waals surface area contributed by atoms with E-state index in [2.05, 4.69) is 32.1 Å². The van der Waals surface area contributed by atoms with Crippen LogP contribution < -0.4 is 4.90 Å². The smallest absolute Gasteiger partial charge is 0.254 e. The first-order valence-electron chi connectivity index (χ1n) is 10.8. The Labute approximate surface area is 201 Å². The third-order valence-electron chi connectivity index (χ3n) is 5.98. The van der Waals surface area contributed by atoms with Crippen LogP contribution in [0.2, 0.25) is 5.02 Å². The number of anilines is 1. The molecule has 176 valence electrons. The summed E-state index contributed by atoms with van der Waals surface area (Å²) < 4.78 is 42.8. The van der Waals surface area contributed by atoms with Crippen molar-refractivity contribution in [3.8, 4) is 0 Å². The molecule has 34 heavy (non-hydrogen) atoms. The van der Waals surface area contributed by atoms with E-state index < -0.39 is 15.8 Å². The number of benzene rings is 2. The van der Waals surface area contributed by atoms with E-state index in [9.17, 15) is 12.8 Å². The standard InChI is InChI=1S/C23H22ClFN6O2S/c1-16-19(13-17-5-3-2-4-6-17)22(31-23(28-16)26-15-27-31)29-9-11-30(12-10-29)34(32,33)21-8-7-18(25)14-20(21)24/h2-8,14-15H,9-13H2,1H3. The van der Waals surface area contributed by atoms with Crippen molar-refractivity contribution in [3.05, 3.63) is 82.5 Å². The molecular weight excluding hydrogens is 479 g/mol. The lowest BCUT2D eigenvalue weighted by atomic mass is 10.0. The summed E-state index contributed by atoms with van der Waals surface area (Å²) in [6.45, 7) is 3.33. The van der Waals surface area contributed by atoms with Crippen molar-refractivity contribution in [1.82, 2.24) is 23.9 Å². The number of halogens is 2. The maximum absolute atomic E-state index is 13.4. The topological polar surface area (TPSA) is 83.7 Å². The number of hydrogen-bond acceptors (Lipinski definition) is 6. The summed E-state index contributed by atoms with van der Waals surface area (Å²) in [5.74, 6) is 0.780. The minimum atomic E-state index is -3.85. The highest BCUT2D eigenvalue weighted by Gasteiger charge is 2.32. The minimum absolute atomic E-state index is 0.0906. The van der Waals surface area contributed by atoms with Gasteiger partial charge in [-0.05, 0) is 30.7 Å². The molecule has 0 aliphatic carbocycles. The van der Waals surface area contributed by atoms with Crippen LogP contribution in [0.5, 0.6) is 0 Å². The Morgan fingerprint density at radius 3 is 2.50 bits per heavy atom. The van der Waals surface area contributed by atoms with Crippen LogP contribution in [0.3, 0.4) is 0 Å². The summed E-state index contributed by atoms with van der Waals surface area (Å²) in [5, 5.41) is 4.27. The first-order valence-corrected chi connectivity index (χ1v) is 12.6. The van der Waals surface area contributed by atoms with Crippen molar-refractivity contribution in [3.63, 3.8) is 0 Å². The third kappa shape index (κ3) is 4.13. The molecule has 0 unspecified atom stereocenters. The number of rotatable bonds is 5. The summed E-state index contributed by atoms with van der Waals surface area (Å²) >= 11 is 6.04. The molecule has 3 heterocycles. The van der Waals surface area contributed by atoms with Crippen molar-refractivity contribution >= 4 is 33.2 Å². The predicted molar refractivity (Wildman–Crippen MR) is 127 cm³/mol. The zero-order chi connectivity index (χ0) is 23.9. The quantitative estimate of drug-likeness (QED) is 0.418. The second-order valence-corrected chi connectivity index (χ2v) is 10.4. The van der Waals surface area contributed by atoms with Gasteiger partial charge in [-0.25, -0.2) is 17.8 Å². The molecule has 1 saturated heterocycles. The first kappa shape index (κ1) is 22.7. The highest BCUT2D eigenvalue weighted by Crippen LogP contribution is 2.30. The van der Waals surface area contributed by atoms with Gasteiger partial charge in [0.05, 0.1) is 5.02 Å². The molecule has 0 radical (unpaired) electrons. The van der Waals surface area contributed by atoms with Crippen LogP contribution in [-0.4, -0.2) is 58.5 Å². The van der Waals surface area contributed by atoms with E-state index in [4.69, 9.17) is 11.6 Å². The normalized spacial score (nSPS) is 15.2. The molecule has 0 saturated carbocycles. The van der Waals surface area contributed by atoms with E-state index in [1.54, 1.807) is 4.52 Å². The lowest BCUT2D eigenvalue weighted by Gasteiger charge is -2.36. The van der Waals surface area contributed by atoms with E-state index in [0.29, 0.717) is 25.3 Å². The molecular formula is C23H22ClFN6O2S. The molecule has 1 aliphatic rings. The fourth-order valence-corrected chi connectivity index (χ4v) is 6.19. The highest BCUT2D eigenvalue weighted by atomic mass is 35.5. The Balaban J connectivity index is 1.46. The van der Waals surface area contributed by atoms with Gasteiger partial charge >= 0.3 is 0 Å². The largest absolute Gasteiger partial charge is 0.354 e. The minimum Gasteiger partial charge on any atom is -0.354 e. The molecule has 1 fully saturated rings. The average Bonchev–Trinajstić information content (AvgIpc) is 3.28. The van der Waals surface area contributed by atoms with Gasteiger partial charge in [-0.15, -0.1) is 0 Å². The summed E-state index contributed by atoms with van der Waals surface area (Å²) in [4.78, 5) is 10.9. The van der Waals surface area contributed by atoms with Gasteiger partial charge in [0.25, 0.3) is 5.78 Å². The zero-order valence-corrected chi connectivity index (χ0v) is 20.0. The molecule has 2 aromatic heterocycles. The Morgan fingerprint density at radius 2 is 1.79 bits per heavy atom. The maximum atomic E-state index is 13.4. The molecule has 4 aromatic rings. The molecule has 0 N–H and O–H groups in total. The van der Waals surface area contributed by atoms with Crippen LogP contribution in [0.15, 0.2) is 59.8 Å². The van der Waals surface area contributed by atoms with Gasteiger partial charge in [0, 0.05) is 43.9 Å². The average molecular weight is 501 g/mol. The van der Waals surface area contributed by atoms with E-state index in [1.807, 2.05) is 25.1 Å². The van der Waals surface area contributed by atoms with E-state index >= 15 is 0 Å². The van der Waals surface area contributed by atoms with Gasteiger partial charge in [0.1, 0.15) is 22.9 Å². The SMILES string of the molecule is Cc1nc2ncnn2c(N2CCN(S(=O)(=O)c3ccc(F)cc3Cl)CC2)c1Cc1ccccc1. The fourth-order valence-electron chi connectivity index (χ4n) is 4.26. The summed E-state index contributed by atoms with van der Waals surface area (Å²) in [5.41, 5.74) is 3.01. The molecule has 0 bridgehead atoms. The van der Waals surface area contributed by atoms with Crippen molar-refractivity contribution in [2.45, 2.75) is 18.2 Å². The fraction of sp³-hybridized carbons (Fsp3) is 0.261. The van der Waals surface area contributed by atoms with Crippen LogP contribution in [0.25, 0.3) is 5.78 Å². The van der Waals surface area contributed by atoms with Crippen LogP contribution in [-0.2, 0) is 16.4 Å². The van der Waals surface area contributed by atoms with Gasteiger partial charge in [0.15, 0.2) is 0 Å². The zero-order valence-electron chi connectivity index (χ0n) is 18.4. The maximum Gasteiger partial charge on any atom is 0.254 e. The number of sulfonamides is 1. The highest BCUT2D eigenvalue weighted by molar-refractivity contribution is 7.89. The number of piperazine rings is 1. The Hall–Kier alpha value is -3.08. The lowest BCUT2D eigenvalue weighted by Crippen LogP contribution is -2.49. The van der Waals surface area contributed by atoms with E-state index in [1.165, 1.54) is 16.7 Å². The molecule has 0 amide bonds. The molecule has 1 aliphatic heterocycles. The lowest BCUT2D eigenvalue weighted by molar-refractivity contribution is 0.382. The molecule has 11 heteroatoms. The molecule has 2 aromatic carbocycles. The van der Waals surface area contributed by atoms with Crippen molar-refractivity contribution < 1.29 is 12.8 Å². The molecule has 0 spiro atoms. The van der Waals surface area contributed by atoms with Crippen LogP contribution >= 0.6 is 11.6 Å². The monoisotopic (exact) mass is 500 g/mol. The Kier molecular flexibility index (Phi) is 5.97. The third-order valence-corrected chi connectivity index (χ3v) is 8.36. The second kappa shape index (κ2) is 8.94. The molecule has 5 rings (SSSR count). The second-order valence-electron chi connectivity index (χ2n) is 8.10. The van der Waals surface area contributed by atoms with E-state index in [-0.39, 0.29) is 23.0 Å². The van der Waals surface area contributed by atoms with Crippen LogP contribution in [0, 0.1) is 12.7 Å². The van der Waals surface area contributed by atoms with Crippen molar-refractivity contribution in [1.29, 1.82) is 0 Å². The van der Waals surface area contributed by atoms with Gasteiger partial charge in [0.2, 0.25) is 10.0 Å². The van der Waals surface area contributed by atoms with Gasteiger partial charge in [-0.1, -0.05) is 41.9 Å². The first-order chi connectivity index (χ1) is 16.3. The Bertz CT molecular complexity index is 1450. The van der Waals surface area contributed by atoms with Gasteiger partial charge < -0.3 is 4.90 Å². The molecule has 8 nitrogen and oxygen atoms in total. The molecule has 0 atom stereocenters. The summed E-state index contributed by atoms with van der Waals surface area (Å²) in [6.07, 6.45) is 2.13. The number of aryl methyl sites for hydroxylation is 1. The number of hydrogen-bond donors (Lipinski definition) is 0. The predicted octanol–water partition coefficient (Wildman–Crippen LogP) is 3.33. The van der Waals surface area contributed by atoms with Gasteiger partial charge in [-0.2, -0.15) is 18.9 Å². The number of aromatic nitrogens is 4. The van der Waals surface area contributed by atoms with Gasteiger partial charge in [-0.3, -0.25) is 0 Å². The Morgan fingerprint density at radius 1 is 1.06 bits per heavy atom. The number of fused-ring (bicyclic) bond motifs is 1. The van der Waals surface area contributed by atoms with Crippen LogP contribution in [0.1, 0.15) is 16.8 Å². The van der Waals surface area contributed by atoms with Crippen LogP contribution in [0.4, 0.5) is 10.2 Å². The van der Waals surface area contributed by atoms with Crippen molar-refractivity contribution in [2.24, 2.45) is 0 Å². The van der Waals surface area contributed by atoms with E-state index in [0.717, 1.165) is 34.8 Å². The summed E-state index contributed by atoms with van der Waals surface area (Å²) in [6, 6.07) is 13.4. The van der Waals surface area contributed by atoms with Crippen molar-refractivity contribution in [2.75, 3.05) is 31.1 Å². The summed E-state index contributed by atoms with van der Waals surface area (Å²) in [7, 11) is -3.85. The number of nitrogens with zero attached hydrogens (tertiary/aromatic N) is 6.